The molecule has 3 N–H and O–H groups in total. The van der Waals surface area contributed by atoms with E-state index in [1.54, 1.807) is 0 Å². The first-order valence-corrected chi connectivity index (χ1v) is 21.1. The molecule has 0 bridgehead atoms. The summed E-state index contributed by atoms with van der Waals surface area (Å²) in [6, 6.07) is -0.560. The maximum Gasteiger partial charge on any atom is 0.220 e. The molecular weight excluding hydrogens is 639 g/mol. The topological polar surface area (TPSA) is 69.6 Å². The zero-order valence-corrected chi connectivity index (χ0v) is 33.5. The van der Waals surface area contributed by atoms with Gasteiger partial charge in [-0.1, -0.05) is 187 Å². The Morgan fingerprint density at radius 3 is 1.25 bits per heavy atom. The molecule has 0 fully saturated rings. The molecule has 4 heteroatoms. The number of carbonyl (C=O) groups is 1. The van der Waals surface area contributed by atoms with Crippen molar-refractivity contribution in [1.82, 2.24) is 5.32 Å². The summed E-state index contributed by atoms with van der Waals surface area (Å²) in [6.45, 7) is 4.18. The van der Waals surface area contributed by atoms with Crippen LogP contribution in [0.25, 0.3) is 0 Å². The average molecular weight is 718 g/mol. The third kappa shape index (κ3) is 38.3. The Hall–Kier alpha value is -2.95. The van der Waals surface area contributed by atoms with Gasteiger partial charge in [0.2, 0.25) is 5.91 Å². The lowest BCUT2D eigenvalue weighted by Crippen LogP contribution is -2.45. The van der Waals surface area contributed by atoms with Crippen molar-refractivity contribution in [1.29, 1.82) is 0 Å². The minimum absolute atomic E-state index is 0.0720. The van der Waals surface area contributed by atoms with Gasteiger partial charge in [-0.15, -0.1) is 0 Å². The van der Waals surface area contributed by atoms with Crippen LogP contribution in [-0.4, -0.2) is 34.9 Å². The van der Waals surface area contributed by atoms with Gasteiger partial charge in [-0.2, -0.15) is 0 Å². The SMILES string of the molecule is CC/C=C\C/C=C\C/C=C\C/C=C\C/C=C\C/C=C\C/C=C\C/C=C\C/C=C\CCCCCC(=O)NC(CO)C(O)CCCCCCCCCCC. The third-order valence-corrected chi connectivity index (χ3v) is 8.80. The Bertz CT molecular complexity index is 1040. The van der Waals surface area contributed by atoms with E-state index in [2.05, 4.69) is 129 Å². The van der Waals surface area contributed by atoms with E-state index in [0.717, 1.165) is 96.3 Å². The number of allylic oxidation sites excluding steroid dienone is 18. The number of hydrogen-bond donors (Lipinski definition) is 3. The number of rotatable bonds is 36. The number of hydrogen-bond acceptors (Lipinski definition) is 3. The second kappa shape index (κ2) is 42.5. The summed E-state index contributed by atoms with van der Waals surface area (Å²) >= 11 is 0. The van der Waals surface area contributed by atoms with Crippen molar-refractivity contribution in [3.63, 3.8) is 0 Å². The molecule has 4 nitrogen and oxygen atoms in total. The summed E-state index contributed by atoms with van der Waals surface area (Å²) in [7, 11) is 0. The molecule has 0 rings (SSSR count). The van der Waals surface area contributed by atoms with Gasteiger partial charge in [0.1, 0.15) is 0 Å². The maximum atomic E-state index is 12.3. The van der Waals surface area contributed by atoms with Gasteiger partial charge in [-0.05, 0) is 83.5 Å². The lowest BCUT2D eigenvalue weighted by atomic mass is 10.0. The molecule has 1 amide bonds. The molecule has 294 valence electrons. The fourth-order valence-electron chi connectivity index (χ4n) is 5.58. The highest BCUT2D eigenvalue weighted by Gasteiger charge is 2.19. The Balaban J connectivity index is 3.71. The van der Waals surface area contributed by atoms with E-state index < -0.39 is 12.1 Å². The van der Waals surface area contributed by atoms with Crippen molar-refractivity contribution in [2.75, 3.05) is 6.61 Å². The highest BCUT2D eigenvalue weighted by molar-refractivity contribution is 5.76. The standard InChI is InChI=1S/C48H79NO3/c1-3-5-7-9-11-13-14-15-16-17-18-19-20-21-22-23-24-25-26-27-28-29-30-31-32-33-34-36-38-40-42-44-48(52)49-46(45-50)47(51)43-41-39-37-35-12-10-8-6-4-2/h5,7,11,13,15-16,18-19,21-22,24-25,27-28,30-31,33-34,46-47,50-51H,3-4,6,8-10,12,14,17,20,23,26,29,32,35-45H2,1-2H3,(H,49,52)/b7-5-,13-11-,16-15-,19-18-,22-21-,25-24-,28-27-,31-30-,34-33-. The molecule has 0 saturated carbocycles. The summed E-state index contributed by atoms with van der Waals surface area (Å²) in [5.74, 6) is -0.0720. The molecular formula is C48H79NO3. The first kappa shape index (κ1) is 49.0. The van der Waals surface area contributed by atoms with Crippen LogP contribution in [0.2, 0.25) is 0 Å². The Morgan fingerprint density at radius 2 is 0.846 bits per heavy atom. The average Bonchev–Trinajstić information content (AvgIpc) is 3.15. The number of carbonyl (C=O) groups excluding carboxylic acids is 1. The van der Waals surface area contributed by atoms with Crippen molar-refractivity contribution in [3.05, 3.63) is 109 Å². The van der Waals surface area contributed by atoms with E-state index in [4.69, 9.17) is 0 Å². The molecule has 0 spiro atoms. The van der Waals surface area contributed by atoms with Gasteiger partial charge >= 0.3 is 0 Å². The van der Waals surface area contributed by atoms with Crippen LogP contribution >= 0.6 is 0 Å². The monoisotopic (exact) mass is 718 g/mol. The number of amides is 1. The zero-order chi connectivity index (χ0) is 37.8. The van der Waals surface area contributed by atoms with E-state index in [1.807, 2.05) is 0 Å². The molecule has 0 aliphatic rings. The van der Waals surface area contributed by atoms with Crippen LogP contribution < -0.4 is 5.32 Å². The minimum atomic E-state index is -0.679. The molecule has 0 radical (unpaired) electrons. The maximum absolute atomic E-state index is 12.3. The van der Waals surface area contributed by atoms with Gasteiger partial charge in [0, 0.05) is 6.42 Å². The summed E-state index contributed by atoms with van der Waals surface area (Å²) in [6.07, 6.45) is 64.5. The minimum Gasteiger partial charge on any atom is -0.394 e. The molecule has 0 aromatic heterocycles. The van der Waals surface area contributed by atoms with Crippen LogP contribution in [0, 0.1) is 0 Å². The summed E-state index contributed by atoms with van der Waals surface area (Å²) < 4.78 is 0. The fraction of sp³-hybridized carbons (Fsp3) is 0.604. The fourth-order valence-corrected chi connectivity index (χ4v) is 5.58. The van der Waals surface area contributed by atoms with Crippen LogP contribution in [0.5, 0.6) is 0 Å². The normalized spacial score (nSPS) is 14.2. The number of aliphatic hydroxyl groups is 2. The highest BCUT2D eigenvalue weighted by Crippen LogP contribution is 2.13. The van der Waals surface area contributed by atoms with Gasteiger partial charge in [-0.3, -0.25) is 4.79 Å². The summed E-state index contributed by atoms with van der Waals surface area (Å²) in [5, 5.41) is 23.0. The Morgan fingerprint density at radius 1 is 0.481 bits per heavy atom. The Kier molecular flexibility index (Phi) is 40.1. The van der Waals surface area contributed by atoms with Crippen LogP contribution in [0.4, 0.5) is 0 Å². The Labute approximate surface area is 321 Å². The van der Waals surface area contributed by atoms with Crippen LogP contribution in [-0.2, 0) is 4.79 Å². The van der Waals surface area contributed by atoms with Crippen LogP contribution in [0.15, 0.2) is 109 Å². The van der Waals surface area contributed by atoms with Gasteiger partial charge in [0.15, 0.2) is 0 Å². The summed E-state index contributed by atoms with van der Waals surface area (Å²) in [5.41, 5.74) is 0. The van der Waals surface area contributed by atoms with E-state index >= 15 is 0 Å². The largest absolute Gasteiger partial charge is 0.394 e. The molecule has 0 aliphatic heterocycles. The number of unbranched alkanes of at least 4 members (excludes halogenated alkanes) is 11. The molecule has 52 heavy (non-hydrogen) atoms. The van der Waals surface area contributed by atoms with E-state index in [1.165, 1.54) is 44.9 Å². The first-order chi connectivity index (χ1) is 25.7. The van der Waals surface area contributed by atoms with Crippen molar-refractivity contribution in [2.24, 2.45) is 0 Å². The van der Waals surface area contributed by atoms with Crippen molar-refractivity contribution in [2.45, 2.75) is 180 Å². The second-order valence-electron chi connectivity index (χ2n) is 13.7. The molecule has 0 aromatic carbocycles. The quantitative estimate of drug-likeness (QED) is 0.0446. The lowest BCUT2D eigenvalue weighted by molar-refractivity contribution is -0.123. The van der Waals surface area contributed by atoms with Crippen molar-refractivity contribution < 1.29 is 15.0 Å². The molecule has 0 heterocycles. The van der Waals surface area contributed by atoms with E-state index in [-0.39, 0.29) is 12.5 Å². The first-order valence-electron chi connectivity index (χ1n) is 21.1. The highest BCUT2D eigenvalue weighted by atomic mass is 16.3. The van der Waals surface area contributed by atoms with Crippen molar-refractivity contribution >= 4 is 5.91 Å². The number of aliphatic hydroxyl groups excluding tert-OH is 2. The van der Waals surface area contributed by atoms with Gasteiger partial charge < -0.3 is 15.5 Å². The smallest absolute Gasteiger partial charge is 0.220 e. The van der Waals surface area contributed by atoms with Gasteiger partial charge in [0.25, 0.3) is 0 Å². The molecule has 2 unspecified atom stereocenters. The van der Waals surface area contributed by atoms with Gasteiger partial charge in [0.05, 0.1) is 18.8 Å². The van der Waals surface area contributed by atoms with Crippen LogP contribution in [0.1, 0.15) is 168 Å². The molecule has 2 atom stereocenters. The number of nitrogens with one attached hydrogen (secondary N) is 1. The zero-order valence-electron chi connectivity index (χ0n) is 33.5. The van der Waals surface area contributed by atoms with Crippen LogP contribution in [0.3, 0.4) is 0 Å². The second-order valence-corrected chi connectivity index (χ2v) is 13.7. The van der Waals surface area contributed by atoms with E-state index in [9.17, 15) is 15.0 Å². The molecule has 0 saturated heterocycles. The molecule has 0 aliphatic carbocycles. The van der Waals surface area contributed by atoms with Crippen molar-refractivity contribution in [3.8, 4) is 0 Å². The third-order valence-electron chi connectivity index (χ3n) is 8.80. The summed E-state index contributed by atoms with van der Waals surface area (Å²) in [4.78, 5) is 12.3. The van der Waals surface area contributed by atoms with Gasteiger partial charge in [-0.25, -0.2) is 0 Å². The predicted molar refractivity (Wildman–Crippen MR) is 229 cm³/mol. The predicted octanol–water partition coefficient (Wildman–Crippen LogP) is 13.2. The van der Waals surface area contributed by atoms with E-state index in [0.29, 0.717) is 12.8 Å². The molecule has 0 aromatic rings. The lowest BCUT2D eigenvalue weighted by Gasteiger charge is -2.22.